The Morgan fingerprint density at radius 3 is 1.97 bits per heavy atom. The second-order valence-corrected chi connectivity index (χ2v) is 7.31. The third-order valence-electron chi connectivity index (χ3n) is 4.45. The van der Waals surface area contributed by atoms with Crippen LogP contribution in [0.4, 0.5) is 0 Å². The van der Waals surface area contributed by atoms with Gasteiger partial charge >= 0.3 is 23.9 Å². The molecule has 0 aromatic carbocycles. The molecule has 0 saturated carbocycles. The minimum absolute atomic E-state index is 0.218. The molecule has 13 heteroatoms. The number of unbranched alkanes of at least 4 members (excludes halogenated alkanes) is 3. The molecule has 0 aromatic rings. The van der Waals surface area contributed by atoms with Crippen LogP contribution in [0.15, 0.2) is 5.11 Å². The van der Waals surface area contributed by atoms with E-state index in [1.54, 1.807) is 0 Å². The van der Waals surface area contributed by atoms with Crippen molar-refractivity contribution in [1.29, 1.82) is 0 Å². The van der Waals surface area contributed by atoms with Crippen molar-refractivity contribution in [2.75, 3.05) is 19.8 Å². The van der Waals surface area contributed by atoms with E-state index in [-0.39, 0.29) is 13.2 Å². The van der Waals surface area contributed by atoms with Gasteiger partial charge in [-0.05, 0) is 18.4 Å². The van der Waals surface area contributed by atoms with Crippen molar-refractivity contribution in [3.05, 3.63) is 10.4 Å². The Morgan fingerprint density at radius 2 is 1.39 bits per heavy atom. The Balaban J connectivity index is 2.98. The fraction of sp³-hybridized carbons (Fsp3) is 0.800. The molecule has 1 aliphatic heterocycles. The summed E-state index contributed by atoms with van der Waals surface area (Å²) >= 11 is 0. The second kappa shape index (κ2) is 15.0. The van der Waals surface area contributed by atoms with Gasteiger partial charge < -0.3 is 28.4 Å². The first kappa shape index (κ1) is 28.1. The maximum atomic E-state index is 11.8. The Bertz CT molecular complexity index is 725. The standard InChI is InChI=1S/C20H31N3O10/c1-12(24)29-11-16-17(30-13(2)25)18(31-14(3)26)19(32-15(4)27)20(33-16)28-10-8-6-5-7-9-22-23-21/h16-20H,5-11H2,1-4H3/t16-,17-,18+,19+,20+/m1/s1. The highest BCUT2D eigenvalue weighted by molar-refractivity contribution is 5.68. The van der Waals surface area contributed by atoms with Crippen LogP contribution in [0, 0.1) is 0 Å². The zero-order valence-electron chi connectivity index (χ0n) is 19.3. The molecule has 0 unspecified atom stereocenters. The lowest BCUT2D eigenvalue weighted by atomic mass is 9.98. The number of carbonyl (C=O) groups excluding carboxylic acids is 4. The van der Waals surface area contributed by atoms with E-state index < -0.39 is 54.6 Å². The van der Waals surface area contributed by atoms with E-state index >= 15 is 0 Å². The van der Waals surface area contributed by atoms with Crippen molar-refractivity contribution in [2.24, 2.45) is 5.11 Å². The van der Waals surface area contributed by atoms with Gasteiger partial charge in [0.2, 0.25) is 0 Å². The summed E-state index contributed by atoms with van der Waals surface area (Å²) in [6.07, 6.45) is -2.93. The van der Waals surface area contributed by atoms with Crippen LogP contribution in [-0.2, 0) is 47.6 Å². The summed E-state index contributed by atoms with van der Waals surface area (Å²) < 4.78 is 32.5. The summed E-state index contributed by atoms with van der Waals surface area (Å²) in [5.74, 6) is -2.69. The van der Waals surface area contributed by atoms with E-state index in [0.717, 1.165) is 40.0 Å². The smallest absolute Gasteiger partial charge is 0.303 e. The van der Waals surface area contributed by atoms with Crippen molar-refractivity contribution in [1.82, 2.24) is 0 Å². The first-order valence-corrected chi connectivity index (χ1v) is 10.6. The van der Waals surface area contributed by atoms with Crippen LogP contribution in [0.5, 0.6) is 0 Å². The van der Waals surface area contributed by atoms with Gasteiger partial charge in [0.05, 0.1) is 0 Å². The van der Waals surface area contributed by atoms with Gasteiger partial charge in [-0.1, -0.05) is 18.0 Å². The number of carbonyl (C=O) groups is 4. The number of esters is 4. The lowest BCUT2D eigenvalue weighted by Crippen LogP contribution is -2.63. The average Bonchev–Trinajstić information content (AvgIpc) is 2.71. The molecule has 0 amide bonds. The van der Waals surface area contributed by atoms with E-state index in [4.69, 9.17) is 34.0 Å². The fourth-order valence-electron chi connectivity index (χ4n) is 3.21. The number of nitrogens with zero attached hydrogens (tertiary/aromatic N) is 3. The molecule has 186 valence electrons. The maximum absolute atomic E-state index is 11.8. The number of azide groups is 1. The van der Waals surface area contributed by atoms with Crippen LogP contribution < -0.4 is 0 Å². The molecule has 0 aliphatic carbocycles. The molecular formula is C20H31N3O10. The highest BCUT2D eigenvalue weighted by atomic mass is 16.7. The molecule has 0 bridgehead atoms. The zero-order chi connectivity index (χ0) is 24.8. The maximum Gasteiger partial charge on any atom is 0.303 e. The molecule has 0 radical (unpaired) electrons. The molecule has 0 N–H and O–H groups in total. The molecule has 0 aromatic heterocycles. The molecule has 0 spiro atoms. The molecule has 13 nitrogen and oxygen atoms in total. The SMILES string of the molecule is CC(=O)OC[C@H]1O[C@H](OCCCCCCN=[N+]=[N-])[C@@H](OC(C)=O)[C@@H](OC(C)=O)[C@@H]1OC(C)=O. The Kier molecular flexibility index (Phi) is 12.8. The molecule has 1 heterocycles. The van der Waals surface area contributed by atoms with Gasteiger partial charge in [-0.15, -0.1) is 0 Å². The Hall–Kier alpha value is -2.89. The van der Waals surface area contributed by atoms with Gasteiger partial charge in [0.15, 0.2) is 24.6 Å². The normalized spacial score (nSPS) is 24.2. The number of hydrogen-bond acceptors (Lipinski definition) is 11. The summed E-state index contributed by atoms with van der Waals surface area (Å²) in [4.78, 5) is 49.2. The van der Waals surface area contributed by atoms with Crippen LogP contribution in [0.3, 0.4) is 0 Å². The molecule has 5 atom stereocenters. The van der Waals surface area contributed by atoms with Crippen LogP contribution in [0.1, 0.15) is 53.4 Å². The van der Waals surface area contributed by atoms with E-state index in [0.29, 0.717) is 13.0 Å². The first-order chi connectivity index (χ1) is 15.6. The van der Waals surface area contributed by atoms with Crippen molar-refractivity contribution in [3.63, 3.8) is 0 Å². The zero-order valence-corrected chi connectivity index (χ0v) is 19.3. The number of rotatable bonds is 13. The minimum Gasteiger partial charge on any atom is -0.463 e. The van der Waals surface area contributed by atoms with Gasteiger partial charge in [-0.2, -0.15) is 0 Å². The fourth-order valence-corrected chi connectivity index (χ4v) is 3.21. The summed E-state index contributed by atoms with van der Waals surface area (Å²) in [5.41, 5.74) is 8.27. The predicted octanol–water partition coefficient (Wildman–Crippen LogP) is 1.96. The topological polar surface area (TPSA) is 172 Å². The van der Waals surface area contributed by atoms with E-state index in [2.05, 4.69) is 10.0 Å². The van der Waals surface area contributed by atoms with E-state index in [1.807, 2.05) is 0 Å². The van der Waals surface area contributed by atoms with Crippen LogP contribution in [-0.4, -0.2) is 74.3 Å². The van der Waals surface area contributed by atoms with Gasteiger partial charge in [-0.25, -0.2) is 0 Å². The monoisotopic (exact) mass is 473 g/mol. The average molecular weight is 473 g/mol. The number of ether oxygens (including phenoxy) is 6. The largest absolute Gasteiger partial charge is 0.463 e. The van der Waals surface area contributed by atoms with Crippen LogP contribution in [0.2, 0.25) is 0 Å². The molecular weight excluding hydrogens is 442 g/mol. The molecule has 1 rings (SSSR count). The van der Waals surface area contributed by atoms with Crippen molar-refractivity contribution in [2.45, 2.75) is 84.1 Å². The van der Waals surface area contributed by atoms with Crippen molar-refractivity contribution < 1.29 is 47.6 Å². The third-order valence-corrected chi connectivity index (χ3v) is 4.45. The molecule has 1 saturated heterocycles. The van der Waals surface area contributed by atoms with Crippen LogP contribution in [0.25, 0.3) is 10.4 Å². The Morgan fingerprint density at radius 1 is 0.818 bits per heavy atom. The second-order valence-electron chi connectivity index (χ2n) is 7.31. The van der Waals surface area contributed by atoms with Crippen molar-refractivity contribution >= 4 is 23.9 Å². The quantitative estimate of drug-likeness (QED) is 0.0960. The minimum atomic E-state index is -1.25. The van der Waals surface area contributed by atoms with E-state index in [1.165, 1.54) is 6.92 Å². The van der Waals surface area contributed by atoms with Gasteiger partial charge in [0.1, 0.15) is 12.7 Å². The molecule has 1 aliphatic rings. The summed E-state index contributed by atoms with van der Waals surface area (Å²) in [5, 5.41) is 3.47. The van der Waals surface area contributed by atoms with Crippen molar-refractivity contribution in [3.8, 4) is 0 Å². The Labute approximate surface area is 191 Å². The highest BCUT2D eigenvalue weighted by Crippen LogP contribution is 2.30. The summed E-state index contributed by atoms with van der Waals surface area (Å²) in [7, 11) is 0. The van der Waals surface area contributed by atoms with E-state index in [9.17, 15) is 19.2 Å². The van der Waals surface area contributed by atoms with Gasteiger partial charge in [0, 0.05) is 45.8 Å². The number of hydrogen-bond donors (Lipinski definition) is 0. The molecule has 1 fully saturated rings. The lowest BCUT2D eigenvalue weighted by molar-refractivity contribution is -0.308. The molecule has 33 heavy (non-hydrogen) atoms. The lowest BCUT2D eigenvalue weighted by Gasteiger charge is -2.44. The van der Waals surface area contributed by atoms with Crippen LogP contribution >= 0.6 is 0 Å². The van der Waals surface area contributed by atoms with Gasteiger partial charge in [0.25, 0.3) is 0 Å². The van der Waals surface area contributed by atoms with Gasteiger partial charge in [-0.3, -0.25) is 19.2 Å². The third kappa shape index (κ3) is 11.0. The summed E-state index contributed by atoms with van der Waals surface area (Å²) in [6, 6.07) is 0. The first-order valence-electron chi connectivity index (χ1n) is 10.6. The predicted molar refractivity (Wildman–Crippen MR) is 110 cm³/mol. The highest BCUT2D eigenvalue weighted by Gasteiger charge is 2.52. The summed E-state index contributed by atoms with van der Waals surface area (Å²) in [6.45, 7) is 4.99.